The Labute approximate surface area is 124 Å². The third kappa shape index (κ3) is 3.63. The van der Waals surface area contributed by atoms with Gasteiger partial charge in [-0.15, -0.1) is 0 Å². The molecule has 2 nitrogen and oxygen atoms in total. The Morgan fingerprint density at radius 2 is 1.05 bits per heavy atom. The molecule has 0 unspecified atom stereocenters. The fourth-order valence-corrected chi connectivity index (χ4v) is 2.04. The molecule has 0 spiro atoms. The SMILES string of the molecule is Cc1cccc(Oc2cccc(Oc3ccccc3)c2)c1. The Balaban J connectivity index is 1.77. The van der Waals surface area contributed by atoms with Crippen LogP contribution in [-0.2, 0) is 0 Å². The Morgan fingerprint density at radius 1 is 0.524 bits per heavy atom. The highest BCUT2D eigenvalue weighted by atomic mass is 16.5. The summed E-state index contributed by atoms with van der Waals surface area (Å²) in [6, 6.07) is 25.3. The summed E-state index contributed by atoms with van der Waals surface area (Å²) in [6.07, 6.45) is 0. The maximum absolute atomic E-state index is 5.86. The average Bonchev–Trinajstić information content (AvgIpc) is 2.49. The van der Waals surface area contributed by atoms with Crippen molar-refractivity contribution < 1.29 is 9.47 Å². The first-order valence-electron chi connectivity index (χ1n) is 6.87. The van der Waals surface area contributed by atoms with Crippen LogP contribution >= 0.6 is 0 Å². The van der Waals surface area contributed by atoms with E-state index >= 15 is 0 Å². The largest absolute Gasteiger partial charge is 0.457 e. The molecule has 0 saturated carbocycles. The Kier molecular flexibility index (Phi) is 3.88. The van der Waals surface area contributed by atoms with Gasteiger partial charge in [0.2, 0.25) is 0 Å². The van der Waals surface area contributed by atoms with Gasteiger partial charge in [0.15, 0.2) is 0 Å². The molecule has 0 radical (unpaired) electrons. The minimum atomic E-state index is 0.756. The van der Waals surface area contributed by atoms with E-state index in [0.717, 1.165) is 23.0 Å². The van der Waals surface area contributed by atoms with Crippen molar-refractivity contribution in [2.45, 2.75) is 6.92 Å². The quantitative estimate of drug-likeness (QED) is 0.619. The fraction of sp³-hybridized carbons (Fsp3) is 0.0526. The van der Waals surface area contributed by atoms with Gasteiger partial charge in [-0.05, 0) is 48.9 Å². The number of hydrogen-bond donors (Lipinski definition) is 0. The molecule has 0 aliphatic rings. The van der Waals surface area contributed by atoms with Gasteiger partial charge in [0.1, 0.15) is 23.0 Å². The Hall–Kier alpha value is -2.74. The summed E-state index contributed by atoms with van der Waals surface area (Å²) in [6.45, 7) is 2.04. The van der Waals surface area contributed by atoms with Crippen molar-refractivity contribution in [3.05, 3.63) is 84.4 Å². The standard InChI is InChI=1S/C19H16O2/c1-15-7-5-10-17(13-15)21-19-12-6-11-18(14-19)20-16-8-3-2-4-9-16/h2-14H,1H3. The molecule has 0 aliphatic carbocycles. The first kappa shape index (κ1) is 13.3. The van der Waals surface area contributed by atoms with Gasteiger partial charge in [-0.3, -0.25) is 0 Å². The molecule has 3 aromatic rings. The highest BCUT2D eigenvalue weighted by molar-refractivity contribution is 5.39. The molecule has 0 aliphatic heterocycles. The number of hydrogen-bond acceptors (Lipinski definition) is 2. The third-order valence-corrected chi connectivity index (χ3v) is 3.01. The number of rotatable bonds is 4. The van der Waals surface area contributed by atoms with Crippen molar-refractivity contribution in [3.63, 3.8) is 0 Å². The van der Waals surface area contributed by atoms with Crippen LogP contribution in [0.5, 0.6) is 23.0 Å². The molecule has 0 fully saturated rings. The van der Waals surface area contributed by atoms with Crippen LogP contribution in [0.3, 0.4) is 0 Å². The summed E-state index contributed by atoms with van der Waals surface area (Å²) < 4.78 is 11.7. The molecule has 0 atom stereocenters. The molecule has 0 amide bonds. The number of ether oxygens (including phenoxy) is 2. The second-order valence-corrected chi connectivity index (χ2v) is 4.81. The van der Waals surface area contributed by atoms with E-state index in [9.17, 15) is 0 Å². The van der Waals surface area contributed by atoms with Gasteiger partial charge in [-0.1, -0.05) is 36.4 Å². The molecule has 0 aromatic heterocycles. The van der Waals surface area contributed by atoms with Gasteiger partial charge in [0.25, 0.3) is 0 Å². The third-order valence-electron chi connectivity index (χ3n) is 3.01. The summed E-state index contributed by atoms with van der Waals surface area (Å²) in [5.41, 5.74) is 1.17. The lowest BCUT2D eigenvalue weighted by Crippen LogP contribution is -1.87. The lowest BCUT2D eigenvalue weighted by molar-refractivity contribution is 0.460. The molecule has 2 heteroatoms. The predicted octanol–water partition coefficient (Wildman–Crippen LogP) is 5.58. The second-order valence-electron chi connectivity index (χ2n) is 4.81. The molecule has 3 rings (SSSR count). The Morgan fingerprint density at radius 3 is 1.71 bits per heavy atom. The van der Waals surface area contributed by atoms with Crippen LogP contribution in [0, 0.1) is 6.92 Å². The number of aryl methyl sites for hydroxylation is 1. The zero-order chi connectivity index (χ0) is 14.5. The summed E-state index contributed by atoms with van der Waals surface area (Å²) in [4.78, 5) is 0. The van der Waals surface area contributed by atoms with Crippen molar-refractivity contribution in [3.8, 4) is 23.0 Å². The molecule has 0 heterocycles. The first-order valence-corrected chi connectivity index (χ1v) is 6.87. The molecule has 0 bridgehead atoms. The van der Waals surface area contributed by atoms with Crippen LogP contribution in [0.2, 0.25) is 0 Å². The van der Waals surface area contributed by atoms with E-state index in [0.29, 0.717) is 0 Å². The van der Waals surface area contributed by atoms with Gasteiger partial charge < -0.3 is 9.47 Å². The van der Waals surface area contributed by atoms with Crippen molar-refractivity contribution in [1.29, 1.82) is 0 Å². The van der Waals surface area contributed by atoms with E-state index < -0.39 is 0 Å². The fourth-order valence-electron chi connectivity index (χ4n) is 2.04. The zero-order valence-electron chi connectivity index (χ0n) is 11.8. The maximum Gasteiger partial charge on any atom is 0.131 e. The van der Waals surface area contributed by atoms with Crippen LogP contribution in [0.25, 0.3) is 0 Å². The smallest absolute Gasteiger partial charge is 0.131 e. The molecule has 21 heavy (non-hydrogen) atoms. The van der Waals surface area contributed by atoms with E-state index in [2.05, 4.69) is 0 Å². The summed E-state index contributed by atoms with van der Waals surface area (Å²) in [5.74, 6) is 3.15. The average molecular weight is 276 g/mol. The molecule has 0 saturated heterocycles. The summed E-state index contributed by atoms with van der Waals surface area (Å²) >= 11 is 0. The van der Waals surface area contributed by atoms with Gasteiger partial charge in [0, 0.05) is 6.07 Å². The van der Waals surface area contributed by atoms with Crippen molar-refractivity contribution >= 4 is 0 Å². The van der Waals surface area contributed by atoms with Crippen molar-refractivity contribution in [2.75, 3.05) is 0 Å². The van der Waals surface area contributed by atoms with E-state index in [1.165, 1.54) is 5.56 Å². The van der Waals surface area contributed by atoms with Crippen LogP contribution in [-0.4, -0.2) is 0 Å². The molecule has 104 valence electrons. The van der Waals surface area contributed by atoms with E-state index in [-0.39, 0.29) is 0 Å². The topological polar surface area (TPSA) is 18.5 Å². The molecular weight excluding hydrogens is 260 g/mol. The maximum atomic E-state index is 5.86. The van der Waals surface area contributed by atoms with E-state index in [4.69, 9.17) is 9.47 Å². The second kappa shape index (κ2) is 6.14. The van der Waals surface area contributed by atoms with Gasteiger partial charge in [0.05, 0.1) is 0 Å². The molecule has 3 aromatic carbocycles. The van der Waals surface area contributed by atoms with Crippen LogP contribution in [0.4, 0.5) is 0 Å². The Bertz CT molecular complexity index is 720. The highest BCUT2D eigenvalue weighted by Crippen LogP contribution is 2.28. The van der Waals surface area contributed by atoms with Crippen molar-refractivity contribution in [2.24, 2.45) is 0 Å². The van der Waals surface area contributed by atoms with E-state index in [1.807, 2.05) is 85.8 Å². The minimum absolute atomic E-state index is 0.756. The normalized spacial score (nSPS) is 10.1. The predicted molar refractivity (Wildman–Crippen MR) is 84.2 cm³/mol. The first-order chi connectivity index (χ1) is 10.3. The van der Waals surface area contributed by atoms with E-state index in [1.54, 1.807) is 0 Å². The van der Waals surface area contributed by atoms with Crippen LogP contribution in [0.15, 0.2) is 78.9 Å². The highest BCUT2D eigenvalue weighted by Gasteiger charge is 2.01. The molecule has 0 N–H and O–H groups in total. The summed E-state index contributed by atoms with van der Waals surface area (Å²) in [5, 5.41) is 0. The lowest BCUT2D eigenvalue weighted by Gasteiger charge is -2.09. The summed E-state index contributed by atoms with van der Waals surface area (Å²) in [7, 11) is 0. The minimum Gasteiger partial charge on any atom is -0.457 e. The number of benzene rings is 3. The monoisotopic (exact) mass is 276 g/mol. The van der Waals surface area contributed by atoms with Crippen LogP contribution in [0.1, 0.15) is 5.56 Å². The van der Waals surface area contributed by atoms with Gasteiger partial charge >= 0.3 is 0 Å². The lowest BCUT2D eigenvalue weighted by atomic mass is 10.2. The zero-order valence-corrected chi connectivity index (χ0v) is 11.8. The van der Waals surface area contributed by atoms with Gasteiger partial charge in [-0.2, -0.15) is 0 Å². The number of para-hydroxylation sites is 1. The van der Waals surface area contributed by atoms with Gasteiger partial charge in [-0.25, -0.2) is 0 Å². The van der Waals surface area contributed by atoms with Crippen molar-refractivity contribution in [1.82, 2.24) is 0 Å². The molecular formula is C19H16O2. The van der Waals surface area contributed by atoms with Crippen LogP contribution < -0.4 is 9.47 Å².